The van der Waals surface area contributed by atoms with E-state index in [2.05, 4.69) is 4.98 Å². The normalized spacial score (nSPS) is 22.1. The fourth-order valence-corrected chi connectivity index (χ4v) is 3.58. The van der Waals surface area contributed by atoms with Gasteiger partial charge in [-0.3, -0.25) is 9.59 Å². The molecule has 20 heavy (non-hydrogen) atoms. The monoisotopic (exact) mass is 267 g/mol. The van der Waals surface area contributed by atoms with Gasteiger partial charge >= 0.3 is 0 Å². The zero-order chi connectivity index (χ0) is 13.9. The Labute approximate surface area is 117 Å². The first-order valence-corrected chi connectivity index (χ1v) is 7.33. The van der Waals surface area contributed by atoms with Crippen molar-refractivity contribution in [2.45, 2.75) is 32.6 Å². The molecule has 2 aromatic rings. The number of carbonyl (C=O) groups is 1. The van der Waals surface area contributed by atoms with Crippen LogP contribution in [0.25, 0.3) is 10.9 Å². The number of hydrogen-bond donors (Lipinski definition) is 1. The van der Waals surface area contributed by atoms with Gasteiger partial charge in [-0.2, -0.15) is 0 Å². The van der Waals surface area contributed by atoms with Gasteiger partial charge in [0.05, 0.1) is 5.56 Å². The molecule has 1 aromatic carbocycles. The smallest absolute Gasteiger partial charge is 0.200 e. The Morgan fingerprint density at radius 2 is 1.90 bits per heavy atom. The Kier molecular flexibility index (Phi) is 2.40. The first-order chi connectivity index (χ1) is 9.65. The number of benzene rings is 1. The fourth-order valence-electron chi connectivity index (χ4n) is 3.58. The SMILES string of the molecule is Cc1cccc2[nH]c3c(c(=O)c12)C(=O)CC(C1CC1)C3. The van der Waals surface area contributed by atoms with Crippen LogP contribution in [0.2, 0.25) is 0 Å². The standard InChI is InChI=1S/C17H17NO2/c1-9-3-2-4-12-15(9)17(20)16-13(18-12)7-11(8-14(16)19)10-5-6-10/h2-4,10-11H,5-8H2,1H3,(H,18,20). The molecule has 4 rings (SSSR count). The van der Waals surface area contributed by atoms with Crippen LogP contribution < -0.4 is 5.43 Å². The molecule has 0 saturated heterocycles. The van der Waals surface area contributed by atoms with E-state index in [9.17, 15) is 9.59 Å². The van der Waals surface area contributed by atoms with Crippen LogP contribution >= 0.6 is 0 Å². The molecule has 1 atom stereocenters. The lowest BCUT2D eigenvalue weighted by molar-refractivity contribution is 0.0940. The van der Waals surface area contributed by atoms with E-state index < -0.39 is 0 Å². The van der Waals surface area contributed by atoms with Crippen molar-refractivity contribution < 1.29 is 4.79 Å². The number of nitrogens with one attached hydrogen (secondary N) is 1. The van der Waals surface area contributed by atoms with Crippen LogP contribution in [-0.4, -0.2) is 10.8 Å². The minimum absolute atomic E-state index is 0.0366. The Morgan fingerprint density at radius 1 is 1.10 bits per heavy atom. The Bertz CT molecular complexity index is 783. The third-order valence-corrected chi connectivity index (χ3v) is 4.80. The van der Waals surface area contributed by atoms with Crippen LogP contribution in [0.5, 0.6) is 0 Å². The number of aromatic amines is 1. The van der Waals surface area contributed by atoms with Gasteiger partial charge in [0.2, 0.25) is 5.43 Å². The van der Waals surface area contributed by atoms with E-state index in [0.717, 1.165) is 23.2 Å². The van der Waals surface area contributed by atoms with Gasteiger partial charge < -0.3 is 4.98 Å². The highest BCUT2D eigenvalue weighted by Crippen LogP contribution is 2.42. The quantitative estimate of drug-likeness (QED) is 0.863. The van der Waals surface area contributed by atoms with Gasteiger partial charge in [0.15, 0.2) is 5.78 Å². The van der Waals surface area contributed by atoms with Crippen LogP contribution in [0.4, 0.5) is 0 Å². The molecule has 1 heterocycles. The molecule has 0 bridgehead atoms. The number of aromatic nitrogens is 1. The summed E-state index contributed by atoms with van der Waals surface area (Å²) in [6.07, 6.45) is 3.89. The molecule has 1 fully saturated rings. The topological polar surface area (TPSA) is 49.9 Å². The lowest BCUT2D eigenvalue weighted by atomic mass is 9.82. The lowest BCUT2D eigenvalue weighted by Gasteiger charge is -2.23. The zero-order valence-electron chi connectivity index (χ0n) is 11.5. The Morgan fingerprint density at radius 3 is 2.65 bits per heavy atom. The molecule has 2 aliphatic carbocycles. The second-order valence-corrected chi connectivity index (χ2v) is 6.23. The van der Waals surface area contributed by atoms with Gasteiger partial charge in [0.25, 0.3) is 0 Å². The van der Waals surface area contributed by atoms with Gasteiger partial charge in [-0.15, -0.1) is 0 Å². The average molecular weight is 267 g/mol. The Balaban J connectivity index is 1.97. The van der Waals surface area contributed by atoms with Crippen molar-refractivity contribution in [2.24, 2.45) is 11.8 Å². The van der Waals surface area contributed by atoms with Crippen LogP contribution in [-0.2, 0) is 6.42 Å². The minimum Gasteiger partial charge on any atom is -0.358 e. The molecule has 0 radical (unpaired) electrons. The number of hydrogen-bond acceptors (Lipinski definition) is 2. The summed E-state index contributed by atoms with van der Waals surface area (Å²) in [6, 6.07) is 5.79. The van der Waals surface area contributed by atoms with Crippen molar-refractivity contribution in [1.29, 1.82) is 0 Å². The molecule has 0 spiro atoms. The summed E-state index contributed by atoms with van der Waals surface area (Å²) in [4.78, 5) is 28.4. The fraction of sp³-hybridized carbons (Fsp3) is 0.412. The number of H-pyrrole nitrogens is 1. The van der Waals surface area contributed by atoms with Crippen molar-refractivity contribution in [2.75, 3.05) is 0 Å². The maximum Gasteiger partial charge on any atom is 0.200 e. The van der Waals surface area contributed by atoms with Gasteiger partial charge in [-0.25, -0.2) is 0 Å². The number of Topliss-reactive ketones (excluding diaryl/α,β-unsaturated/α-hetero) is 1. The van der Waals surface area contributed by atoms with Crippen molar-refractivity contribution in [3.05, 3.63) is 45.2 Å². The molecule has 2 aliphatic rings. The third-order valence-electron chi connectivity index (χ3n) is 4.80. The zero-order valence-corrected chi connectivity index (χ0v) is 11.5. The van der Waals surface area contributed by atoms with E-state index in [1.807, 2.05) is 25.1 Å². The van der Waals surface area contributed by atoms with Crippen LogP contribution in [0.3, 0.4) is 0 Å². The Hall–Kier alpha value is -1.90. The summed E-state index contributed by atoms with van der Waals surface area (Å²) < 4.78 is 0. The lowest BCUT2D eigenvalue weighted by Crippen LogP contribution is -2.29. The molecule has 1 aromatic heterocycles. The van der Waals surface area contributed by atoms with Gasteiger partial charge in [-0.05, 0) is 49.7 Å². The maximum absolute atomic E-state index is 12.7. The van der Waals surface area contributed by atoms with E-state index in [-0.39, 0.29) is 11.2 Å². The molecule has 0 amide bonds. The molecule has 3 heteroatoms. The predicted octanol–water partition coefficient (Wildman–Crippen LogP) is 2.99. The first-order valence-electron chi connectivity index (χ1n) is 7.33. The highest BCUT2D eigenvalue weighted by Gasteiger charge is 2.37. The molecule has 1 unspecified atom stereocenters. The second kappa shape index (κ2) is 4.05. The second-order valence-electron chi connectivity index (χ2n) is 6.23. The number of pyridine rings is 1. The molecule has 0 aliphatic heterocycles. The molecular formula is C17H17NO2. The molecular weight excluding hydrogens is 250 g/mol. The minimum atomic E-state index is -0.0777. The van der Waals surface area contributed by atoms with E-state index in [0.29, 0.717) is 29.2 Å². The highest BCUT2D eigenvalue weighted by atomic mass is 16.1. The first kappa shape index (κ1) is 11.9. The average Bonchev–Trinajstić information content (AvgIpc) is 3.22. The van der Waals surface area contributed by atoms with E-state index in [1.54, 1.807) is 0 Å². The summed E-state index contributed by atoms with van der Waals surface area (Å²) in [7, 11) is 0. The van der Waals surface area contributed by atoms with Gasteiger partial charge in [0.1, 0.15) is 0 Å². The van der Waals surface area contributed by atoms with Crippen LogP contribution in [0.15, 0.2) is 23.0 Å². The highest BCUT2D eigenvalue weighted by molar-refractivity contribution is 6.01. The number of aryl methyl sites for hydroxylation is 1. The molecule has 1 saturated carbocycles. The summed E-state index contributed by atoms with van der Waals surface area (Å²) in [5.41, 5.74) is 3.00. The molecule has 102 valence electrons. The molecule has 3 nitrogen and oxygen atoms in total. The third kappa shape index (κ3) is 1.65. The summed E-state index contributed by atoms with van der Waals surface area (Å²) >= 11 is 0. The number of carbonyl (C=O) groups excluding carboxylic acids is 1. The summed E-state index contributed by atoms with van der Waals surface area (Å²) in [5, 5.41) is 0.671. The summed E-state index contributed by atoms with van der Waals surface area (Å²) in [6.45, 7) is 1.92. The van der Waals surface area contributed by atoms with Crippen LogP contribution in [0, 0.1) is 18.8 Å². The van der Waals surface area contributed by atoms with Crippen molar-refractivity contribution in [3.63, 3.8) is 0 Å². The van der Waals surface area contributed by atoms with Crippen molar-refractivity contribution in [1.82, 2.24) is 4.98 Å². The van der Waals surface area contributed by atoms with E-state index in [4.69, 9.17) is 0 Å². The van der Waals surface area contributed by atoms with E-state index in [1.165, 1.54) is 12.8 Å². The van der Waals surface area contributed by atoms with Gasteiger partial charge in [-0.1, -0.05) is 12.1 Å². The number of fused-ring (bicyclic) bond motifs is 2. The predicted molar refractivity (Wildman–Crippen MR) is 78.2 cm³/mol. The number of rotatable bonds is 1. The van der Waals surface area contributed by atoms with Crippen LogP contribution in [0.1, 0.15) is 40.9 Å². The van der Waals surface area contributed by atoms with E-state index >= 15 is 0 Å². The number of ketones is 1. The van der Waals surface area contributed by atoms with Gasteiger partial charge in [0, 0.05) is 23.0 Å². The summed E-state index contributed by atoms with van der Waals surface area (Å²) in [5.74, 6) is 1.17. The van der Waals surface area contributed by atoms with Crippen molar-refractivity contribution >= 4 is 16.7 Å². The molecule has 1 N–H and O–H groups in total. The van der Waals surface area contributed by atoms with Crippen molar-refractivity contribution in [3.8, 4) is 0 Å². The maximum atomic E-state index is 12.7. The largest absolute Gasteiger partial charge is 0.358 e.